The van der Waals surface area contributed by atoms with E-state index in [2.05, 4.69) is 39.4 Å². The highest BCUT2D eigenvalue weighted by atomic mass is 16.5. The fraction of sp³-hybridized carbons (Fsp3) is 0.625. The summed E-state index contributed by atoms with van der Waals surface area (Å²) in [6.45, 7) is 8.21. The van der Waals surface area contributed by atoms with Crippen LogP contribution >= 0.6 is 0 Å². The van der Waals surface area contributed by atoms with Crippen LogP contribution in [0, 0.1) is 0 Å². The molecule has 1 atom stereocenters. The second-order valence-electron chi connectivity index (χ2n) is 5.81. The van der Waals surface area contributed by atoms with Crippen molar-refractivity contribution in [3.05, 3.63) is 29.8 Å². The van der Waals surface area contributed by atoms with Crippen LogP contribution in [-0.2, 0) is 6.54 Å². The molecule has 110 valence electrons. The first-order chi connectivity index (χ1) is 9.85. The van der Waals surface area contributed by atoms with Gasteiger partial charge in [-0.25, -0.2) is 0 Å². The molecule has 0 bridgehead atoms. The smallest absolute Gasteiger partial charge is 0.118 e. The standard InChI is InChI=1S/C16H25N3O/c1-20-16-4-2-14(3-5-16)12-18-9-6-15(13-18)19-10-7-17-8-11-19/h2-5,15,17H,6-13H2,1H3. The van der Waals surface area contributed by atoms with Gasteiger partial charge in [-0.05, 0) is 24.1 Å². The fourth-order valence-electron chi connectivity index (χ4n) is 3.29. The zero-order valence-corrected chi connectivity index (χ0v) is 12.3. The Kier molecular flexibility index (Phi) is 4.55. The van der Waals surface area contributed by atoms with E-state index in [1.807, 2.05) is 0 Å². The average molecular weight is 275 g/mol. The zero-order valence-electron chi connectivity index (χ0n) is 12.3. The molecular formula is C16H25N3O. The van der Waals surface area contributed by atoms with Gasteiger partial charge < -0.3 is 10.1 Å². The highest BCUT2D eigenvalue weighted by Crippen LogP contribution is 2.19. The van der Waals surface area contributed by atoms with E-state index in [-0.39, 0.29) is 0 Å². The van der Waals surface area contributed by atoms with Gasteiger partial charge in [-0.1, -0.05) is 12.1 Å². The minimum absolute atomic E-state index is 0.760. The third-order valence-electron chi connectivity index (χ3n) is 4.48. The molecule has 2 fully saturated rings. The first kappa shape index (κ1) is 13.9. The summed E-state index contributed by atoms with van der Waals surface area (Å²) in [5.41, 5.74) is 1.38. The molecule has 1 aromatic carbocycles. The molecule has 0 amide bonds. The average Bonchev–Trinajstić information content (AvgIpc) is 2.97. The van der Waals surface area contributed by atoms with Crippen molar-refractivity contribution in [3.8, 4) is 5.75 Å². The Hall–Kier alpha value is -1.10. The van der Waals surface area contributed by atoms with Gasteiger partial charge in [0.05, 0.1) is 7.11 Å². The van der Waals surface area contributed by atoms with Crippen molar-refractivity contribution in [2.24, 2.45) is 0 Å². The fourth-order valence-corrected chi connectivity index (χ4v) is 3.29. The van der Waals surface area contributed by atoms with Gasteiger partial charge >= 0.3 is 0 Å². The zero-order chi connectivity index (χ0) is 13.8. The first-order valence-electron chi connectivity index (χ1n) is 7.65. The number of methoxy groups -OCH3 is 1. The van der Waals surface area contributed by atoms with Gasteiger partial charge in [-0.2, -0.15) is 0 Å². The van der Waals surface area contributed by atoms with E-state index in [9.17, 15) is 0 Å². The normalized spacial score (nSPS) is 24.9. The molecule has 1 aromatic rings. The number of piperazine rings is 1. The van der Waals surface area contributed by atoms with Gasteiger partial charge in [-0.3, -0.25) is 9.80 Å². The number of nitrogens with zero attached hydrogens (tertiary/aromatic N) is 2. The summed E-state index contributed by atoms with van der Waals surface area (Å²) in [5.74, 6) is 0.939. The molecule has 0 saturated carbocycles. The topological polar surface area (TPSA) is 27.7 Å². The van der Waals surface area contributed by atoms with Crippen LogP contribution in [0.3, 0.4) is 0 Å². The second-order valence-corrected chi connectivity index (χ2v) is 5.81. The van der Waals surface area contributed by atoms with Crippen LogP contribution in [-0.4, -0.2) is 62.2 Å². The summed E-state index contributed by atoms with van der Waals surface area (Å²) < 4.78 is 5.21. The van der Waals surface area contributed by atoms with Gasteiger partial charge in [0.2, 0.25) is 0 Å². The molecule has 2 aliphatic heterocycles. The van der Waals surface area contributed by atoms with Crippen LogP contribution in [0.15, 0.2) is 24.3 Å². The van der Waals surface area contributed by atoms with E-state index in [1.54, 1.807) is 7.11 Å². The van der Waals surface area contributed by atoms with Crippen molar-refractivity contribution in [2.45, 2.75) is 19.0 Å². The predicted molar refractivity (Wildman–Crippen MR) is 81.1 cm³/mol. The monoisotopic (exact) mass is 275 g/mol. The van der Waals surface area contributed by atoms with Gasteiger partial charge in [0, 0.05) is 51.9 Å². The molecule has 0 aromatic heterocycles. The Morgan fingerprint density at radius 2 is 1.90 bits per heavy atom. The number of ether oxygens (including phenoxy) is 1. The van der Waals surface area contributed by atoms with Crippen molar-refractivity contribution in [3.63, 3.8) is 0 Å². The van der Waals surface area contributed by atoms with Crippen LogP contribution in [0.5, 0.6) is 5.75 Å². The minimum atomic E-state index is 0.760. The van der Waals surface area contributed by atoms with Crippen molar-refractivity contribution < 1.29 is 4.74 Å². The van der Waals surface area contributed by atoms with E-state index in [1.165, 1.54) is 38.2 Å². The Morgan fingerprint density at radius 1 is 1.15 bits per heavy atom. The Balaban J connectivity index is 1.51. The van der Waals surface area contributed by atoms with Crippen LogP contribution in [0.4, 0.5) is 0 Å². The molecule has 1 unspecified atom stereocenters. The molecule has 0 spiro atoms. The number of hydrogen-bond donors (Lipinski definition) is 1. The van der Waals surface area contributed by atoms with Gasteiger partial charge in [0.15, 0.2) is 0 Å². The number of hydrogen-bond acceptors (Lipinski definition) is 4. The molecule has 2 aliphatic rings. The molecule has 20 heavy (non-hydrogen) atoms. The molecular weight excluding hydrogens is 250 g/mol. The van der Waals surface area contributed by atoms with E-state index in [0.717, 1.165) is 31.4 Å². The predicted octanol–water partition coefficient (Wildman–Crippen LogP) is 1.17. The summed E-state index contributed by atoms with van der Waals surface area (Å²) in [5, 5.41) is 3.43. The SMILES string of the molecule is COc1ccc(CN2CCC(N3CCNCC3)C2)cc1. The van der Waals surface area contributed by atoms with Gasteiger partial charge in [0.1, 0.15) is 5.75 Å². The summed E-state index contributed by atoms with van der Waals surface area (Å²) in [4.78, 5) is 5.24. The molecule has 4 nitrogen and oxygen atoms in total. The number of rotatable bonds is 4. The highest BCUT2D eigenvalue weighted by Gasteiger charge is 2.28. The highest BCUT2D eigenvalue weighted by molar-refractivity contribution is 5.27. The largest absolute Gasteiger partial charge is 0.497 e. The van der Waals surface area contributed by atoms with Crippen molar-refractivity contribution in [2.75, 3.05) is 46.4 Å². The molecule has 0 radical (unpaired) electrons. The summed E-state index contributed by atoms with van der Waals surface area (Å²) in [7, 11) is 1.72. The van der Waals surface area contributed by atoms with E-state index in [4.69, 9.17) is 4.74 Å². The lowest BCUT2D eigenvalue weighted by atomic mass is 10.2. The maximum atomic E-state index is 5.21. The Labute approximate surface area is 121 Å². The summed E-state index contributed by atoms with van der Waals surface area (Å²) in [6, 6.07) is 9.22. The second kappa shape index (κ2) is 6.57. The Morgan fingerprint density at radius 3 is 2.60 bits per heavy atom. The van der Waals surface area contributed by atoms with Crippen molar-refractivity contribution >= 4 is 0 Å². The summed E-state index contributed by atoms with van der Waals surface area (Å²) >= 11 is 0. The molecule has 3 rings (SSSR count). The first-order valence-corrected chi connectivity index (χ1v) is 7.65. The molecule has 0 aliphatic carbocycles. The van der Waals surface area contributed by atoms with Crippen molar-refractivity contribution in [1.29, 1.82) is 0 Å². The minimum Gasteiger partial charge on any atom is -0.497 e. The van der Waals surface area contributed by atoms with Crippen LogP contribution in [0.25, 0.3) is 0 Å². The third kappa shape index (κ3) is 3.32. The van der Waals surface area contributed by atoms with Gasteiger partial charge in [-0.15, -0.1) is 0 Å². The number of likely N-dealkylation sites (tertiary alicyclic amines) is 1. The summed E-state index contributed by atoms with van der Waals surface area (Å²) in [6.07, 6.45) is 1.32. The molecule has 2 saturated heterocycles. The van der Waals surface area contributed by atoms with E-state index in [0.29, 0.717) is 0 Å². The molecule has 2 heterocycles. The molecule has 1 N–H and O–H groups in total. The molecule has 4 heteroatoms. The maximum absolute atomic E-state index is 5.21. The van der Waals surface area contributed by atoms with Gasteiger partial charge in [0.25, 0.3) is 0 Å². The Bertz CT molecular complexity index is 414. The van der Waals surface area contributed by atoms with E-state index >= 15 is 0 Å². The lowest BCUT2D eigenvalue weighted by molar-refractivity contribution is 0.170. The van der Waals surface area contributed by atoms with Crippen LogP contribution in [0.2, 0.25) is 0 Å². The van der Waals surface area contributed by atoms with E-state index < -0.39 is 0 Å². The quantitative estimate of drug-likeness (QED) is 0.893. The number of nitrogens with one attached hydrogen (secondary N) is 1. The maximum Gasteiger partial charge on any atom is 0.118 e. The van der Waals surface area contributed by atoms with Crippen LogP contribution < -0.4 is 10.1 Å². The lowest BCUT2D eigenvalue weighted by Crippen LogP contribution is -2.49. The lowest BCUT2D eigenvalue weighted by Gasteiger charge is -2.32. The number of benzene rings is 1. The van der Waals surface area contributed by atoms with Crippen molar-refractivity contribution in [1.82, 2.24) is 15.1 Å². The third-order valence-corrected chi connectivity index (χ3v) is 4.48. The van der Waals surface area contributed by atoms with Crippen LogP contribution in [0.1, 0.15) is 12.0 Å².